The van der Waals surface area contributed by atoms with E-state index in [4.69, 9.17) is 11.5 Å². The van der Waals surface area contributed by atoms with Crippen LogP contribution in [-0.4, -0.2) is 18.3 Å². The maximum Gasteiger partial charge on any atom is 0.390 e. The molecule has 2 atom stereocenters. The number of allylic oxidation sites excluding steroid dienone is 2. The van der Waals surface area contributed by atoms with E-state index >= 15 is 0 Å². The van der Waals surface area contributed by atoms with E-state index in [9.17, 15) is 13.2 Å². The van der Waals surface area contributed by atoms with Crippen LogP contribution in [0.15, 0.2) is 24.3 Å². The van der Waals surface area contributed by atoms with Gasteiger partial charge >= 0.3 is 6.18 Å². The van der Waals surface area contributed by atoms with Crippen LogP contribution in [0, 0.1) is 0 Å². The Morgan fingerprint density at radius 2 is 1.87 bits per heavy atom. The smallest absolute Gasteiger partial charge is 0.324 e. The molecule has 0 radical (unpaired) electrons. The summed E-state index contributed by atoms with van der Waals surface area (Å²) in [6.07, 6.45) is -1.91. The Balaban J connectivity index is 4.64. The molecule has 0 spiro atoms. The van der Waals surface area contributed by atoms with E-state index in [-0.39, 0.29) is 0 Å². The van der Waals surface area contributed by atoms with Gasteiger partial charge in [-0.3, -0.25) is 0 Å². The molecule has 0 aromatic carbocycles. The van der Waals surface area contributed by atoms with Crippen LogP contribution in [0.4, 0.5) is 13.2 Å². The highest BCUT2D eigenvalue weighted by molar-refractivity contribution is 5.21. The molecular formula is C10H17F3N2. The normalized spacial score (nSPS) is 17.3. The number of hydrogen-bond donors (Lipinski definition) is 2. The highest BCUT2D eigenvalue weighted by atomic mass is 19.4. The van der Waals surface area contributed by atoms with E-state index in [1.54, 1.807) is 6.92 Å². The van der Waals surface area contributed by atoms with Crippen LogP contribution in [0.1, 0.15) is 19.8 Å². The maximum absolute atomic E-state index is 12.1. The van der Waals surface area contributed by atoms with E-state index in [1.807, 2.05) is 0 Å². The molecule has 0 amide bonds. The fourth-order valence-corrected chi connectivity index (χ4v) is 1.26. The van der Waals surface area contributed by atoms with Crippen LogP contribution in [0.5, 0.6) is 0 Å². The lowest BCUT2D eigenvalue weighted by molar-refractivity contribution is -0.136. The molecule has 0 saturated carbocycles. The predicted molar refractivity (Wildman–Crippen MR) is 55.2 cm³/mol. The number of halogens is 3. The maximum atomic E-state index is 12.1. The quantitative estimate of drug-likeness (QED) is 0.700. The van der Waals surface area contributed by atoms with Crippen molar-refractivity contribution in [1.29, 1.82) is 0 Å². The zero-order valence-electron chi connectivity index (χ0n) is 8.72. The van der Waals surface area contributed by atoms with Crippen LogP contribution in [0.25, 0.3) is 0 Å². The summed E-state index contributed by atoms with van der Waals surface area (Å²) in [5.41, 5.74) is 11.5. The second-order valence-corrected chi connectivity index (χ2v) is 3.34. The van der Waals surface area contributed by atoms with Gasteiger partial charge in [-0.05, 0) is 12.0 Å². The Morgan fingerprint density at radius 3 is 2.20 bits per heavy atom. The number of rotatable bonds is 5. The minimum absolute atomic E-state index is 0.393. The van der Waals surface area contributed by atoms with Gasteiger partial charge in [0.05, 0.1) is 6.42 Å². The van der Waals surface area contributed by atoms with Crippen molar-refractivity contribution in [3.8, 4) is 0 Å². The summed E-state index contributed by atoms with van der Waals surface area (Å²) in [6, 6.07) is -1.53. The summed E-state index contributed by atoms with van der Waals surface area (Å²) in [6.45, 7) is 5.22. The zero-order chi connectivity index (χ0) is 12.1. The highest BCUT2D eigenvalue weighted by Gasteiger charge is 2.32. The third kappa shape index (κ3) is 5.59. The Labute approximate surface area is 87.8 Å². The first kappa shape index (κ1) is 14.2. The van der Waals surface area contributed by atoms with Crippen LogP contribution in [0.3, 0.4) is 0 Å². The van der Waals surface area contributed by atoms with E-state index in [1.165, 1.54) is 12.2 Å². The molecule has 0 heterocycles. The Kier molecular flexibility index (Phi) is 5.60. The summed E-state index contributed by atoms with van der Waals surface area (Å²) >= 11 is 0. The van der Waals surface area contributed by atoms with Gasteiger partial charge in [-0.25, -0.2) is 0 Å². The van der Waals surface area contributed by atoms with Gasteiger partial charge in [-0.15, -0.1) is 0 Å². The third-order valence-corrected chi connectivity index (χ3v) is 2.06. The molecule has 0 bridgehead atoms. The van der Waals surface area contributed by atoms with Crippen LogP contribution >= 0.6 is 0 Å². The van der Waals surface area contributed by atoms with Gasteiger partial charge in [0, 0.05) is 12.1 Å². The molecule has 0 aliphatic heterocycles. The first-order chi connectivity index (χ1) is 6.81. The molecular weight excluding hydrogens is 205 g/mol. The number of nitrogens with two attached hydrogens (primary N) is 2. The highest BCUT2D eigenvalue weighted by Crippen LogP contribution is 2.24. The predicted octanol–water partition coefficient (Wildman–Crippen LogP) is 2.12. The first-order valence-electron chi connectivity index (χ1n) is 4.72. The van der Waals surface area contributed by atoms with Gasteiger partial charge < -0.3 is 11.5 Å². The van der Waals surface area contributed by atoms with Gasteiger partial charge in [0.25, 0.3) is 0 Å². The van der Waals surface area contributed by atoms with Crippen LogP contribution in [-0.2, 0) is 0 Å². The molecule has 0 saturated heterocycles. The molecule has 88 valence electrons. The molecule has 0 aromatic rings. The fourth-order valence-electron chi connectivity index (χ4n) is 1.26. The summed E-state index contributed by atoms with van der Waals surface area (Å²) in [7, 11) is 0. The monoisotopic (exact) mass is 222 g/mol. The number of alkyl halides is 3. The van der Waals surface area contributed by atoms with Gasteiger partial charge in [0.15, 0.2) is 0 Å². The van der Waals surface area contributed by atoms with Gasteiger partial charge in [-0.1, -0.05) is 25.7 Å². The first-order valence-corrected chi connectivity index (χ1v) is 4.72. The topological polar surface area (TPSA) is 52.0 Å². The minimum Gasteiger partial charge on any atom is -0.324 e. The molecule has 2 nitrogen and oxygen atoms in total. The fraction of sp³-hybridized carbons (Fsp3) is 0.600. The molecule has 0 aliphatic carbocycles. The third-order valence-electron chi connectivity index (χ3n) is 2.06. The summed E-state index contributed by atoms with van der Waals surface area (Å²) in [5.74, 6) is 0. The zero-order valence-corrected chi connectivity index (χ0v) is 8.72. The molecule has 0 rings (SSSR count). The van der Waals surface area contributed by atoms with Gasteiger partial charge in [-0.2, -0.15) is 13.2 Å². The Bertz CT molecular complexity index is 233. The molecule has 15 heavy (non-hydrogen) atoms. The van der Waals surface area contributed by atoms with E-state index in [0.29, 0.717) is 12.0 Å². The van der Waals surface area contributed by atoms with Gasteiger partial charge in [0.1, 0.15) is 0 Å². The Morgan fingerprint density at radius 1 is 1.33 bits per heavy atom. The summed E-state index contributed by atoms with van der Waals surface area (Å²) < 4.78 is 36.3. The van der Waals surface area contributed by atoms with Crippen molar-refractivity contribution >= 4 is 0 Å². The molecule has 2 unspecified atom stereocenters. The SMILES string of the molecule is C=C/C=C(/C(N)CC)C(N)CC(F)(F)F. The molecule has 4 N–H and O–H groups in total. The van der Waals surface area contributed by atoms with Crippen molar-refractivity contribution in [3.05, 3.63) is 24.3 Å². The lowest BCUT2D eigenvalue weighted by Crippen LogP contribution is -2.37. The summed E-state index contributed by atoms with van der Waals surface area (Å²) in [4.78, 5) is 0. The average Bonchev–Trinajstić information content (AvgIpc) is 2.10. The molecule has 0 aromatic heterocycles. The van der Waals surface area contributed by atoms with E-state index in [2.05, 4.69) is 6.58 Å². The van der Waals surface area contributed by atoms with E-state index < -0.39 is 24.7 Å². The van der Waals surface area contributed by atoms with Crippen LogP contribution in [0.2, 0.25) is 0 Å². The van der Waals surface area contributed by atoms with Crippen molar-refractivity contribution in [2.45, 2.75) is 38.0 Å². The standard InChI is InChI=1S/C10H17F3N2/c1-3-5-7(8(14)4-2)9(15)6-10(11,12)13/h3,5,8-9H,1,4,6,14-15H2,2H3/b7-5-. The minimum atomic E-state index is -4.27. The lowest BCUT2D eigenvalue weighted by atomic mass is 9.95. The van der Waals surface area contributed by atoms with Crippen molar-refractivity contribution in [3.63, 3.8) is 0 Å². The number of hydrogen-bond acceptors (Lipinski definition) is 2. The second-order valence-electron chi connectivity index (χ2n) is 3.34. The summed E-state index contributed by atoms with van der Waals surface area (Å²) in [5, 5.41) is 0. The van der Waals surface area contributed by atoms with Crippen molar-refractivity contribution < 1.29 is 13.2 Å². The Hall–Kier alpha value is -0.810. The lowest BCUT2D eigenvalue weighted by Gasteiger charge is -2.21. The second kappa shape index (κ2) is 5.92. The van der Waals surface area contributed by atoms with Crippen molar-refractivity contribution in [2.24, 2.45) is 11.5 Å². The van der Waals surface area contributed by atoms with Gasteiger partial charge in [0.2, 0.25) is 0 Å². The van der Waals surface area contributed by atoms with Crippen molar-refractivity contribution in [1.82, 2.24) is 0 Å². The average molecular weight is 222 g/mol. The van der Waals surface area contributed by atoms with E-state index in [0.717, 1.165) is 0 Å². The molecule has 0 aliphatic rings. The van der Waals surface area contributed by atoms with Crippen molar-refractivity contribution in [2.75, 3.05) is 0 Å². The molecule has 0 fully saturated rings. The molecule has 5 heteroatoms. The van der Waals surface area contributed by atoms with Crippen LogP contribution < -0.4 is 11.5 Å². The largest absolute Gasteiger partial charge is 0.390 e.